The fourth-order valence-electron chi connectivity index (χ4n) is 1.74. The first kappa shape index (κ1) is 14.2. The quantitative estimate of drug-likeness (QED) is 0.890. The van der Waals surface area contributed by atoms with E-state index in [9.17, 15) is 4.79 Å². The number of carboxylic acid groups (broad SMARTS) is 1. The van der Waals surface area contributed by atoms with Gasteiger partial charge in [0.2, 0.25) is 0 Å². The zero-order valence-corrected chi connectivity index (χ0v) is 12.8. The van der Waals surface area contributed by atoms with Crippen molar-refractivity contribution in [1.29, 1.82) is 0 Å². The molecule has 0 bridgehead atoms. The van der Waals surface area contributed by atoms with Crippen LogP contribution in [-0.2, 0) is 11.2 Å². The smallest absolute Gasteiger partial charge is 0.307 e. The molecule has 19 heavy (non-hydrogen) atoms. The molecule has 98 valence electrons. The highest BCUT2D eigenvalue weighted by Crippen LogP contribution is 2.31. The summed E-state index contributed by atoms with van der Waals surface area (Å²) in [6.45, 7) is 2.01. The average Bonchev–Trinajstić information content (AvgIpc) is 2.34. The normalized spacial score (nSPS) is 10.4. The maximum atomic E-state index is 10.7. The van der Waals surface area contributed by atoms with E-state index in [0.717, 1.165) is 25.4 Å². The minimum atomic E-state index is -0.798. The number of benzene rings is 2. The third-order valence-corrected chi connectivity index (χ3v) is 4.35. The molecule has 0 aliphatic heterocycles. The molecule has 0 unspecified atom stereocenters. The lowest BCUT2D eigenvalue weighted by Crippen LogP contribution is -2.00. The molecule has 0 saturated heterocycles. The zero-order valence-electron chi connectivity index (χ0n) is 10.4. The summed E-state index contributed by atoms with van der Waals surface area (Å²) in [5.74, 6) is -0.798. The number of rotatable bonds is 4. The molecule has 0 atom stereocenters. The average molecular weight is 337 g/mol. The summed E-state index contributed by atoms with van der Waals surface area (Å²) in [5, 5.41) is 8.78. The van der Waals surface area contributed by atoms with Crippen molar-refractivity contribution in [2.45, 2.75) is 23.1 Å². The van der Waals surface area contributed by atoms with E-state index in [-0.39, 0.29) is 6.42 Å². The molecule has 0 saturated carbocycles. The molecule has 0 amide bonds. The second-order valence-electron chi connectivity index (χ2n) is 4.23. The lowest BCUT2D eigenvalue weighted by Gasteiger charge is -2.07. The molecular weight excluding hydrogens is 324 g/mol. The number of halogens is 1. The van der Waals surface area contributed by atoms with Crippen LogP contribution in [-0.4, -0.2) is 11.1 Å². The number of hydrogen-bond donors (Lipinski definition) is 1. The fraction of sp³-hybridized carbons (Fsp3) is 0.133. The summed E-state index contributed by atoms with van der Waals surface area (Å²) in [5.41, 5.74) is 1.94. The Morgan fingerprint density at radius 2 is 1.89 bits per heavy atom. The van der Waals surface area contributed by atoms with Gasteiger partial charge in [0.05, 0.1) is 6.42 Å². The zero-order chi connectivity index (χ0) is 13.8. The summed E-state index contributed by atoms with van der Waals surface area (Å²) in [7, 11) is 0. The van der Waals surface area contributed by atoms with Crippen molar-refractivity contribution >= 4 is 33.7 Å². The van der Waals surface area contributed by atoms with Crippen molar-refractivity contribution in [3.8, 4) is 0 Å². The van der Waals surface area contributed by atoms with Crippen molar-refractivity contribution in [1.82, 2.24) is 0 Å². The Morgan fingerprint density at radius 3 is 2.47 bits per heavy atom. The Morgan fingerprint density at radius 1 is 1.21 bits per heavy atom. The molecule has 2 nitrogen and oxygen atoms in total. The van der Waals surface area contributed by atoms with Crippen LogP contribution in [0.4, 0.5) is 0 Å². The van der Waals surface area contributed by atoms with E-state index in [0.29, 0.717) is 0 Å². The fourth-order valence-corrected chi connectivity index (χ4v) is 2.89. The summed E-state index contributed by atoms with van der Waals surface area (Å²) >= 11 is 5.10. The van der Waals surface area contributed by atoms with Crippen LogP contribution in [0.2, 0.25) is 0 Å². The minimum Gasteiger partial charge on any atom is -0.481 e. The Balaban J connectivity index is 2.17. The molecule has 0 aliphatic rings. The standard InChI is InChI=1S/C15H13BrO2S/c1-10-8-11(9-15(17)18)2-7-14(10)19-13-5-3-12(16)4-6-13/h2-8H,9H2,1H3,(H,17,18). The maximum Gasteiger partial charge on any atom is 0.307 e. The maximum absolute atomic E-state index is 10.7. The van der Waals surface area contributed by atoms with Gasteiger partial charge >= 0.3 is 5.97 Å². The van der Waals surface area contributed by atoms with E-state index in [1.807, 2.05) is 37.3 Å². The summed E-state index contributed by atoms with van der Waals surface area (Å²) in [6, 6.07) is 13.9. The van der Waals surface area contributed by atoms with Crippen molar-refractivity contribution in [3.63, 3.8) is 0 Å². The Bertz CT molecular complexity index is 594. The van der Waals surface area contributed by atoms with E-state index in [4.69, 9.17) is 5.11 Å². The van der Waals surface area contributed by atoms with Crippen LogP contribution in [0.25, 0.3) is 0 Å². The van der Waals surface area contributed by atoms with Gasteiger partial charge < -0.3 is 5.11 Å². The minimum absolute atomic E-state index is 0.0735. The third-order valence-electron chi connectivity index (χ3n) is 2.64. The van der Waals surface area contributed by atoms with Gasteiger partial charge in [0.1, 0.15) is 0 Å². The van der Waals surface area contributed by atoms with Crippen LogP contribution in [0.5, 0.6) is 0 Å². The number of carboxylic acids is 1. The molecule has 0 heterocycles. The molecule has 0 spiro atoms. The molecule has 2 rings (SSSR count). The van der Waals surface area contributed by atoms with Gasteiger partial charge in [-0.3, -0.25) is 4.79 Å². The molecule has 4 heteroatoms. The van der Waals surface area contributed by atoms with Gasteiger partial charge in [-0.15, -0.1) is 0 Å². The third kappa shape index (κ3) is 4.11. The Kier molecular flexibility index (Phi) is 4.66. The second-order valence-corrected chi connectivity index (χ2v) is 6.26. The SMILES string of the molecule is Cc1cc(CC(=O)O)ccc1Sc1ccc(Br)cc1. The van der Waals surface area contributed by atoms with Gasteiger partial charge in [0.25, 0.3) is 0 Å². The van der Waals surface area contributed by atoms with Crippen molar-refractivity contribution in [3.05, 3.63) is 58.1 Å². The monoisotopic (exact) mass is 336 g/mol. The van der Waals surface area contributed by atoms with Crippen LogP contribution < -0.4 is 0 Å². The summed E-state index contributed by atoms with van der Waals surface area (Å²) < 4.78 is 1.06. The molecule has 2 aromatic carbocycles. The highest BCUT2D eigenvalue weighted by atomic mass is 79.9. The molecule has 1 N–H and O–H groups in total. The molecule has 2 aromatic rings. The van der Waals surface area contributed by atoms with E-state index in [2.05, 4.69) is 28.1 Å². The van der Waals surface area contributed by atoms with Gasteiger partial charge in [0, 0.05) is 14.3 Å². The van der Waals surface area contributed by atoms with Gasteiger partial charge in [0.15, 0.2) is 0 Å². The molecule has 0 fully saturated rings. The Labute approximate surface area is 125 Å². The van der Waals surface area contributed by atoms with E-state index >= 15 is 0 Å². The highest BCUT2D eigenvalue weighted by molar-refractivity contribution is 9.10. The van der Waals surface area contributed by atoms with Crippen molar-refractivity contribution in [2.24, 2.45) is 0 Å². The van der Waals surface area contributed by atoms with Gasteiger partial charge in [-0.2, -0.15) is 0 Å². The van der Waals surface area contributed by atoms with Crippen LogP contribution in [0.3, 0.4) is 0 Å². The first-order chi connectivity index (χ1) is 9.04. The van der Waals surface area contributed by atoms with Crippen LogP contribution in [0.1, 0.15) is 11.1 Å². The first-order valence-electron chi connectivity index (χ1n) is 5.79. The van der Waals surface area contributed by atoms with E-state index in [1.165, 1.54) is 0 Å². The molecule has 0 radical (unpaired) electrons. The van der Waals surface area contributed by atoms with Crippen LogP contribution >= 0.6 is 27.7 Å². The lowest BCUT2D eigenvalue weighted by molar-refractivity contribution is -0.136. The molecule has 0 aliphatic carbocycles. The van der Waals surface area contributed by atoms with Gasteiger partial charge in [-0.1, -0.05) is 39.8 Å². The van der Waals surface area contributed by atoms with Gasteiger partial charge in [-0.25, -0.2) is 0 Å². The number of aliphatic carboxylic acids is 1. The topological polar surface area (TPSA) is 37.3 Å². The second kappa shape index (κ2) is 6.26. The highest BCUT2D eigenvalue weighted by Gasteiger charge is 2.05. The van der Waals surface area contributed by atoms with Crippen molar-refractivity contribution in [2.75, 3.05) is 0 Å². The number of hydrogen-bond acceptors (Lipinski definition) is 2. The van der Waals surface area contributed by atoms with Crippen LogP contribution in [0, 0.1) is 6.92 Å². The predicted octanol–water partition coefficient (Wildman–Crippen LogP) is 4.54. The van der Waals surface area contributed by atoms with E-state index in [1.54, 1.807) is 11.8 Å². The first-order valence-corrected chi connectivity index (χ1v) is 7.40. The molecular formula is C15H13BrO2S. The van der Waals surface area contributed by atoms with Gasteiger partial charge in [-0.05, 0) is 48.4 Å². The molecule has 0 aromatic heterocycles. The Hall–Kier alpha value is -1.26. The number of carbonyl (C=O) groups is 1. The largest absolute Gasteiger partial charge is 0.481 e. The predicted molar refractivity (Wildman–Crippen MR) is 80.8 cm³/mol. The van der Waals surface area contributed by atoms with Crippen molar-refractivity contribution < 1.29 is 9.90 Å². The summed E-state index contributed by atoms with van der Waals surface area (Å²) in [4.78, 5) is 13.0. The summed E-state index contributed by atoms with van der Waals surface area (Å²) in [6.07, 6.45) is 0.0735. The lowest BCUT2D eigenvalue weighted by atomic mass is 10.1. The van der Waals surface area contributed by atoms with E-state index < -0.39 is 5.97 Å². The van der Waals surface area contributed by atoms with Crippen LogP contribution in [0.15, 0.2) is 56.7 Å². The number of aryl methyl sites for hydroxylation is 1.